The summed E-state index contributed by atoms with van der Waals surface area (Å²) in [5.41, 5.74) is -0.544. The first-order chi connectivity index (χ1) is 13.8. The molecule has 1 heterocycles. The summed E-state index contributed by atoms with van der Waals surface area (Å²) in [5.74, 6) is -3.40. The van der Waals surface area contributed by atoms with Crippen molar-refractivity contribution < 1.29 is 28.8 Å². The van der Waals surface area contributed by atoms with Gasteiger partial charge >= 0.3 is 5.97 Å². The summed E-state index contributed by atoms with van der Waals surface area (Å²) in [4.78, 5) is 59.9. The van der Waals surface area contributed by atoms with Crippen molar-refractivity contribution in [2.75, 3.05) is 11.9 Å². The smallest absolute Gasteiger partial charge is 0.326 e. The van der Waals surface area contributed by atoms with Crippen LogP contribution in [0.15, 0.2) is 48.5 Å². The topological polar surface area (TPSA) is 136 Å². The number of carbonyl (C=O) groups excluding carboxylic acids is 4. The zero-order chi connectivity index (χ0) is 21.1. The van der Waals surface area contributed by atoms with Crippen molar-refractivity contribution in [3.8, 4) is 0 Å². The van der Waals surface area contributed by atoms with E-state index < -0.39 is 47.0 Å². The lowest BCUT2D eigenvalue weighted by molar-refractivity contribution is -0.385. The van der Waals surface area contributed by atoms with Gasteiger partial charge in [-0.3, -0.25) is 34.2 Å². The third kappa shape index (κ3) is 3.95. The molecule has 1 aliphatic heterocycles. The second-order valence-electron chi connectivity index (χ2n) is 6.14. The molecule has 0 aliphatic carbocycles. The first-order valence-corrected chi connectivity index (χ1v) is 8.48. The second-order valence-corrected chi connectivity index (χ2v) is 6.14. The zero-order valence-electron chi connectivity index (χ0n) is 15.2. The van der Waals surface area contributed by atoms with Gasteiger partial charge in [-0.15, -0.1) is 0 Å². The normalized spacial score (nSPS) is 13.6. The number of esters is 1. The van der Waals surface area contributed by atoms with Gasteiger partial charge in [-0.25, -0.2) is 0 Å². The fourth-order valence-electron chi connectivity index (χ4n) is 2.79. The Balaban J connectivity index is 1.66. The van der Waals surface area contributed by atoms with Crippen molar-refractivity contribution in [1.29, 1.82) is 0 Å². The summed E-state index contributed by atoms with van der Waals surface area (Å²) < 4.78 is 4.99. The highest BCUT2D eigenvalue weighted by Gasteiger charge is 2.42. The Hall–Kier alpha value is -4.08. The molecule has 0 saturated heterocycles. The molecule has 29 heavy (non-hydrogen) atoms. The number of nitrogens with zero attached hydrogens (tertiary/aromatic N) is 2. The fourth-order valence-corrected chi connectivity index (χ4v) is 2.79. The molecule has 0 saturated carbocycles. The van der Waals surface area contributed by atoms with E-state index in [1.807, 2.05) is 0 Å². The highest BCUT2D eigenvalue weighted by molar-refractivity contribution is 6.24. The molecule has 10 nitrogen and oxygen atoms in total. The van der Waals surface area contributed by atoms with Crippen LogP contribution >= 0.6 is 0 Å². The number of anilines is 1. The maximum absolute atomic E-state index is 12.4. The summed E-state index contributed by atoms with van der Waals surface area (Å²) in [6.45, 7) is 0.565. The van der Waals surface area contributed by atoms with E-state index >= 15 is 0 Å². The van der Waals surface area contributed by atoms with Crippen molar-refractivity contribution in [2.24, 2.45) is 0 Å². The second kappa shape index (κ2) is 7.89. The minimum Gasteiger partial charge on any atom is -0.451 e. The Morgan fingerprint density at radius 2 is 1.79 bits per heavy atom. The Bertz CT molecular complexity index is 1020. The molecular formula is C19H15N3O7. The minimum absolute atomic E-state index is 0.160. The van der Waals surface area contributed by atoms with Gasteiger partial charge < -0.3 is 10.1 Å². The quantitative estimate of drug-likeness (QED) is 0.339. The SMILES string of the molecule is C[C@H](OC(=O)CN1C(=O)c2cccc([N+](=O)[O-])c2C1=O)C(=O)Nc1ccccc1. The molecule has 10 heteroatoms. The molecule has 0 spiro atoms. The van der Waals surface area contributed by atoms with E-state index in [1.165, 1.54) is 19.1 Å². The summed E-state index contributed by atoms with van der Waals surface area (Å²) in [6.07, 6.45) is -1.19. The first-order valence-electron chi connectivity index (χ1n) is 8.48. The number of nitrogens with one attached hydrogen (secondary N) is 1. The molecule has 0 unspecified atom stereocenters. The van der Waals surface area contributed by atoms with Gasteiger partial charge in [0, 0.05) is 11.8 Å². The Morgan fingerprint density at radius 3 is 2.45 bits per heavy atom. The van der Waals surface area contributed by atoms with Crippen molar-refractivity contribution in [1.82, 2.24) is 4.90 Å². The molecule has 1 N–H and O–H groups in total. The highest BCUT2D eigenvalue weighted by atomic mass is 16.6. The van der Waals surface area contributed by atoms with E-state index in [-0.39, 0.29) is 11.1 Å². The number of ether oxygens (including phenoxy) is 1. The number of rotatable bonds is 6. The van der Waals surface area contributed by atoms with Crippen LogP contribution in [0.4, 0.5) is 11.4 Å². The van der Waals surface area contributed by atoms with Crippen molar-refractivity contribution >= 4 is 35.1 Å². The zero-order valence-corrected chi connectivity index (χ0v) is 15.2. The molecule has 148 valence electrons. The molecule has 3 amide bonds. The van der Waals surface area contributed by atoms with Crippen molar-refractivity contribution in [3.05, 3.63) is 69.8 Å². The minimum atomic E-state index is -1.19. The van der Waals surface area contributed by atoms with E-state index in [1.54, 1.807) is 30.3 Å². The molecule has 3 rings (SSSR count). The molecular weight excluding hydrogens is 382 g/mol. The lowest BCUT2D eigenvalue weighted by Crippen LogP contribution is -2.38. The van der Waals surface area contributed by atoms with E-state index in [9.17, 15) is 29.3 Å². The van der Waals surface area contributed by atoms with Crippen molar-refractivity contribution in [3.63, 3.8) is 0 Å². The van der Waals surface area contributed by atoms with Gasteiger partial charge in [0.05, 0.1) is 10.5 Å². The van der Waals surface area contributed by atoms with Crippen LogP contribution in [0.1, 0.15) is 27.6 Å². The third-order valence-electron chi connectivity index (χ3n) is 4.18. The number of amides is 3. The number of fused-ring (bicyclic) bond motifs is 1. The predicted molar refractivity (Wildman–Crippen MR) is 99.1 cm³/mol. The van der Waals surface area contributed by atoms with Gasteiger partial charge in [0.25, 0.3) is 23.4 Å². The molecule has 0 fully saturated rings. The Morgan fingerprint density at radius 1 is 1.10 bits per heavy atom. The number of nitro benzene ring substituents is 1. The Kier molecular flexibility index (Phi) is 5.35. The van der Waals surface area contributed by atoms with Gasteiger partial charge in [-0.1, -0.05) is 24.3 Å². The fraction of sp³-hybridized carbons (Fsp3) is 0.158. The van der Waals surface area contributed by atoms with Crippen LogP contribution in [0.3, 0.4) is 0 Å². The van der Waals surface area contributed by atoms with Crippen LogP contribution in [0.2, 0.25) is 0 Å². The van der Waals surface area contributed by atoms with Crippen LogP contribution in [0, 0.1) is 10.1 Å². The van der Waals surface area contributed by atoms with Gasteiger partial charge in [0.2, 0.25) is 0 Å². The van der Waals surface area contributed by atoms with E-state index in [0.717, 1.165) is 6.07 Å². The first kappa shape index (κ1) is 19.7. The van der Waals surface area contributed by atoms with Gasteiger partial charge in [0.15, 0.2) is 6.10 Å². The number of hydrogen-bond donors (Lipinski definition) is 1. The molecule has 0 radical (unpaired) electrons. The molecule has 2 aromatic carbocycles. The third-order valence-corrected chi connectivity index (χ3v) is 4.18. The summed E-state index contributed by atoms with van der Waals surface area (Å²) in [6, 6.07) is 12.1. The number of benzene rings is 2. The molecule has 1 aliphatic rings. The van der Waals surface area contributed by atoms with Gasteiger partial charge in [-0.2, -0.15) is 0 Å². The van der Waals surface area contributed by atoms with Crippen LogP contribution < -0.4 is 5.32 Å². The van der Waals surface area contributed by atoms with Crippen LogP contribution in [0.25, 0.3) is 0 Å². The predicted octanol–water partition coefficient (Wildman–Crippen LogP) is 1.76. The van der Waals surface area contributed by atoms with E-state index in [0.29, 0.717) is 10.6 Å². The highest BCUT2D eigenvalue weighted by Crippen LogP contribution is 2.30. The van der Waals surface area contributed by atoms with Crippen molar-refractivity contribution in [2.45, 2.75) is 13.0 Å². The monoisotopic (exact) mass is 397 g/mol. The lowest BCUT2D eigenvalue weighted by Gasteiger charge is -2.16. The number of carbonyl (C=O) groups is 4. The average molecular weight is 397 g/mol. The summed E-state index contributed by atoms with van der Waals surface area (Å²) in [7, 11) is 0. The number of imide groups is 1. The van der Waals surface area contributed by atoms with Crippen LogP contribution in [-0.2, 0) is 14.3 Å². The lowest BCUT2D eigenvalue weighted by atomic mass is 10.1. The Labute approximate surface area is 164 Å². The summed E-state index contributed by atoms with van der Waals surface area (Å²) >= 11 is 0. The van der Waals surface area contributed by atoms with Gasteiger partial charge in [0.1, 0.15) is 12.1 Å². The average Bonchev–Trinajstić information content (AvgIpc) is 2.93. The van der Waals surface area contributed by atoms with E-state index in [2.05, 4.69) is 5.32 Å². The number of para-hydroxylation sites is 1. The van der Waals surface area contributed by atoms with Crippen LogP contribution in [0.5, 0.6) is 0 Å². The molecule has 1 atom stereocenters. The molecule has 0 aromatic heterocycles. The summed E-state index contributed by atoms with van der Waals surface area (Å²) in [5, 5.41) is 13.7. The standard InChI is InChI=1S/C19H15N3O7/c1-11(17(24)20-12-6-3-2-4-7-12)29-15(23)10-21-18(25)13-8-5-9-14(22(27)28)16(13)19(21)26/h2-9,11H,10H2,1H3,(H,20,24)/t11-/m0/s1. The molecule has 2 aromatic rings. The van der Waals surface area contributed by atoms with Crippen LogP contribution in [-0.4, -0.2) is 46.2 Å². The largest absolute Gasteiger partial charge is 0.451 e. The maximum atomic E-state index is 12.4. The molecule has 0 bridgehead atoms. The number of nitro groups is 1. The maximum Gasteiger partial charge on any atom is 0.326 e. The van der Waals surface area contributed by atoms with Gasteiger partial charge in [-0.05, 0) is 25.1 Å². The number of hydrogen-bond acceptors (Lipinski definition) is 7. The van der Waals surface area contributed by atoms with E-state index in [4.69, 9.17) is 4.74 Å².